The first kappa shape index (κ1) is 13.4. The molecule has 4 heteroatoms. The van der Waals surface area contributed by atoms with Gasteiger partial charge >= 0.3 is 0 Å². The van der Waals surface area contributed by atoms with Crippen molar-refractivity contribution in [2.24, 2.45) is 0 Å². The molecule has 4 nitrogen and oxygen atoms in total. The van der Waals surface area contributed by atoms with E-state index in [-0.39, 0.29) is 12.3 Å². The van der Waals surface area contributed by atoms with Crippen LogP contribution in [-0.4, -0.2) is 55.2 Å². The molecule has 0 amide bonds. The van der Waals surface area contributed by atoms with Crippen LogP contribution in [-0.2, 0) is 9.47 Å². The predicted octanol–water partition coefficient (Wildman–Crippen LogP) is 0.783. The summed E-state index contributed by atoms with van der Waals surface area (Å²) >= 11 is 0. The number of nitrogens with zero attached hydrogens (tertiary/aromatic N) is 1. The Morgan fingerprint density at radius 2 is 2.06 bits per heavy atom. The molecule has 1 aliphatic rings. The van der Waals surface area contributed by atoms with Crippen LogP contribution in [0, 0.1) is 0 Å². The van der Waals surface area contributed by atoms with Gasteiger partial charge in [-0.3, -0.25) is 4.90 Å². The molecule has 0 aromatic carbocycles. The van der Waals surface area contributed by atoms with Gasteiger partial charge in [-0.1, -0.05) is 12.2 Å². The van der Waals surface area contributed by atoms with Gasteiger partial charge in [0.15, 0.2) is 6.29 Å². The number of aliphatic hydroxyl groups excluding tert-OH is 1. The van der Waals surface area contributed by atoms with Gasteiger partial charge in [-0.25, -0.2) is 0 Å². The second kappa shape index (κ2) is 6.81. The Morgan fingerprint density at radius 3 is 2.56 bits per heavy atom. The number of methoxy groups -OCH3 is 1. The fourth-order valence-corrected chi connectivity index (χ4v) is 2.03. The maximum atomic E-state index is 10.0. The fourth-order valence-electron chi connectivity index (χ4n) is 2.03. The minimum Gasteiger partial charge on any atom is -0.391 e. The van der Waals surface area contributed by atoms with E-state index in [2.05, 4.69) is 18.1 Å². The van der Waals surface area contributed by atoms with Gasteiger partial charge in [0.1, 0.15) is 0 Å². The standard InChI is InChI=1S/C12H21NO3/c1-4-7-13(8-5-2)11-10(14)6-9-16-12(11)15-3/h4-5,10-12,14H,1-2,6-9H2,3H3. The molecule has 1 aliphatic heterocycles. The first-order chi connectivity index (χ1) is 7.74. The van der Waals surface area contributed by atoms with Crippen LogP contribution < -0.4 is 0 Å². The molecule has 0 radical (unpaired) electrons. The van der Waals surface area contributed by atoms with Gasteiger partial charge in [0.25, 0.3) is 0 Å². The van der Waals surface area contributed by atoms with Crippen LogP contribution in [0.15, 0.2) is 25.3 Å². The summed E-state index contributed by atoms with van der Waals surface area (Å²) in [5.41, 5.74) is 0. The summed E-state index contributed by atoms with van der Waals surface area (Å²) in [4.78, 5) is 2.05. The fraction of sp³-hybridized carbons (Fsp3) is 0.667. The molecule has 0 aromatic heterocycles. The van der Waals surface area contributed by atoms with Crippen LogP contribution in [0.25, 0.3) is 0 Å². The van der Waals surface area contributed by atoms with E-state index in [0.29, 0.717) is 26.1 Å². The number of aliphatic hydroxyl groups is 1. The summed E-state index contributed by atoms with van der Waals surface area (Å²) in [6, 6.07) is -0.158. The normalized spacial score (nSPS) is 30.3. The van der Waals surface area contributed by atoms with Crippen LogP contribution in [0.1, 0.15) is 6.42 Å². The Morgan fingerprint density at radius 1 is 1.44 bits per heavy atom. The van der Waals surface area contributed by atoms with Crippen LogP contribution in [0.4, 0.5) is 0 Å². The summed E-state index contributed by atoms with van der Waals surface area (Å²) in [5, 5.41) is 10.0. The summed E-state index contributed by atoms with van der Waals surface area (Å²) < 4.78 is 10.7. The Kier molecular flexibility index (Phi) is 5.69. The molecular weight excluding hydrogens is 206 g/mol. The molecule has 0 aromatic rings. The third kappa shape index (κ3) is 3.15. The molecule has 92 valence electrons. The van der Waals surface area contributed by atoms with Gasteiger partial charge in [-0.2, -0.15) is 0 Å². The van der Waals surface area contributed by atoms with Gasteiger partial charge in [-0.15, -0.1) is 13.2 Å². The van der Waals surface area contributed by atoms with E-state index in [0.717, 1.165) is 0 Å². The lowest BCUT2D eigenvalue weighted by Crippen LogP contribution is -2.55. The third-order valence-electron chi connectivity index (χ3n) is 2.75. The lowest BCUT2D eigenvalue weighted by Gasteiger charge is -2.41. The minimum absolute atomic E-state index is 0.158. The average molecular weight is 227 g/mol. The van der Waals surface area contributed by atoms with Crippen molar-refractivity contribution < 1.29 is 14.6 Å². The van der Waals surface area contributed by atoms with Crippen LogP contribution >= 0.6 is 0 Å². The number of hydrogen-bond acceptors (Lipinski definition) is 4. The van der Waals surface area contributed by atoms with Crippen molar-refractivity contribution in [1.29, 1.82) is 0 Å². The van der Waals surface area contributed by atoms with Gasteiger partial charge in [0.05, 0.1) is 18.8 Å². The predicted molar refractivity (Wildman–Crippen MR) is 63.1 cm³/mol. The summed E-state index contributed by atoms with van der Waals surface area (Å²) in [7, 11) is 1.59. The maximum absolute atomic E-state index is 10.0. The first-order valence-electron chi connectivity index (χ1n) is 5.53. The summed E-state index contributed by atoms with van der Waals surface area (Å²) in [6.45, 7) is 9.32. The van der Waals surface area contributed by atoms with E-state index in [1.54, 1.807) is 19.3 Å². The average Bonchev–Trinajstić information content (AvgIpc) is 2.28. The zero-order valence-electron chi connectivity index (χ0n) is 9.84. The van der Waals surface area contributed by atoms with Gasteiger partial charge < -0.3 is 14.6 Å². The maximum Gasteiger partial charge on any atom is 0.175 e. The smallest absolute Gasteiger partial charge is 0.175 e. The molecule has 0 saturated carbocycles. The monoisotopic (exact) mass is 227 g/mol. The van der Waals surface area contributed by atoms with Crippen LogP contribution in [0.3, 0.4) is 0 Å². The third-order valence-corrected chi connectivity index (χ3v) is 2.75. The van der Waals surface area contributed by atoms with Crippen LogP contribution in [0.2, 0.25) is 0 Å². The molecule has 1 N–H and O–H groups in total. The first-order valence-corrected chi connectivity index (χ1v) is 5.53. The second-order valence-electron chi connectivity index (χ2n) is 3.85. The van der Waals surface area contributed by atoms with Crippen molar-refractivity contribution in [3.63, 3.8) is 0 Å². The molecule has 3 atom stereocenters. The van der Waals surface area contributed by atoms with Gasteiger partial charge in [0, 0.05) is 20.2 Å². The Hall–Kier alpha value is -0.680. The molecule has 1 fully saturated rings. The van der Waals surface area contributed by atoms with E-state index in [1.807, 2.05) is 0 Å². The molecule has 0 bridgehead atoms. The Balaban J connectivity index is 2.74. The molecule has 1 heterocycles. The highest BCUT2D eigenvalue weighted by atomic mass is 16.7. The van der Waals surface area contributed by atoms with Crippen molar-refractivity contribution in [2.75, 3.05) is 26.8 Å². The van der Waals surface area contributed by atoms with E-state index >= 15 is 0 Å². The van der Waals surface area contributed by atoms with Crippen molar-refractivity contribution >= 4 is 0 Å². The van der Waals surface area contributed by atoms with E-state index in [9.17, 15) is 5.11 Å². The largest absolute Gasteiger partial charge is 0.391 e. The molecule has 0 aliphatic carbocycles. The summed E-state index contributed by atoms with van der Waals surface area (Å²) in [6.07, 6.45) is 3.42. The molecule has 0 spiro atoms. The van der Waals surface area contributed by atoms with Crippen molar-refractivity contribution in [2.45, 2.75) is 24.9 Å². The quantitative estimate of drug-likeness (QED) is 0.681. The van der Waals surface area contributed by atoms with E-state index < -0.39 is 6.10 Å². The molecule has 3 unspecified atom stereocenters. The zero-order chi connectivity index (χ0) is 12.0. The molecule has 1 rings (SSSR count). The zero-order valence-corrected chi connectivity index (χ0v) is 9.84. The topological polar surface area (TPSA) is 41.9 Å². The van der Waals surface area contributed by atoms with Gasteiger partial charge in [-0.05, 0) is 6.42 Å². The highest BCUT2D eigenvalue weighted by Crippen LogP contribution is 2.21. The number of rotatable bonds is 6. The van der Waals surface area contributed by atoms with Crippen molar-refractivity contribution in [3.8, 4) is 0 Å². The molecular formula is C12H21NO3. The Labute approximate surface area is 97.1 Å². The van der Waals surface area contributed by atoms with Gasteiger partial charge in [0.2, 0.25) is 0 Å². The lowest BCUT2D eigenvalue weighted by molar-refractivity contribution is -0.212. The number of ether oxygens (including phenoxy) is 2. The van der Waals surface area contributed by atoms with E-state index in [1.165, 1.54) is 0 Å². The summed E-state index contributed by atoms with van der Waals surface area (Å²) in [5.74, 6) is 0. The Bertz CT molecular complexity index is 222. The van der Waals surface area contributed by atoms with Crippen LogP contribution in [0.5, 0.6) is 0 Å². The minimum atomic E-state index is -0.432. The SMILES string of the molecule is C=CCN(CC=C)C1C(O)CCOC1OC. The number of hydrogen-bond donors (Lipinski definition) is 1. The molecule has 16 heavy (non-hydrogen) atoms. The lowest BCUT2D eigenvalue weighted by atomic mass is 10.0. The van der Waals surface area contributed by atoms with Crippen molar-refractivity contribution in [1.82, 2.24) is 4.90 Å². The van der Waals surface area contributed by atoms with Crippen molar-refractivity contribution in [3.05, 3.63) is 25.3 Å². The highest BCUT2D eigenvalue weighted by Gasteiger charge is 2.36. The second-order valence-corrected chi connectivity index (χ2v) is 3.85. The van der Waals surface area contributed by atoms with E-state index in [4.69, 9.17) is 9.47 Å². The highest BCUT2D eigenvalue weighted by molar-refractivity contribution is 4.91. The molecule has 1 saturated heterocycles.